The molecule has 0 spiro atoms. The van der Waals surface area contributed by atoms with E-state index >= 15 is 4.39 Å². The molecule has 0 saturated heterocycles. The summed E-state index contributed by atoms with van der Waals surface area (Å²) in [5, 5.41) is 5.64. The van der Waals surface area contributed by atoms with Crippen molar-refractivity contribution in [3.63, 3.8) is 0 Å². The molecule has 2 aliphatic rings. The first-order valence-corrected chi connectivity index (χ1v) is 16.6. The minimum atomic E-state index is -4.75. The third-order valence-electron chi connectivity index (χ3n) is 8.96. The van der Waals surface area contributed by atoms with E-state index in [1.54, 1.807) is 51.2 Å². The molecule has 4 aromatic rings. The summed E-state index contributed by atoms with van der Waals surface area (Å²) in [4.78, 5) is 41.0. The second-order valence-corrected chi connectivity index (χ2v) is 14.4. The lowest BCUT2D eigenvalue weighted by Crippen LogP contribution is -2.50. The van der Waals surface area contributed by atoms with Crippen molar-refractivity contribution in [2.75, 3.05) is 6.61 Å². The number of ether oxygens (including phenoxy) is 1. The summed E-state index contributed by atoms with van der Waals surface area (Å²) in [6, 6.07) is 11.8. The molecule has 2 aromatic carbocycles. The van der Waals surface area contributed by atoms with Crippen LogP contribution in [0.5, 0.6) is 0 Å². The number of rotatable bonds is 10. The number of carbonyl (C=O) groups excluding carboxylic acids is 2. The van der Waals surface area contributed by atoms with Crippen LogP contribution in [-0.4, -0.2) is 60.9 Å². The highest BCUT2D eigenvalue weighted by Gasteiger charge is 2.64. The average Bonchev–Trinajstić information content (AvgIpc) is 3.63. The number of amides is 2. The summed E-state index contributed by atoms with van der Waals surface area (Å²) in [5.41, 5.74) is 2.12. The molecule has 11 nitrogen and oxygen atoms in total. The smallest absolute Gasteiger partial charge is 0.411 e. The summed E-state index contributed by atoms with van der Waals surface area (Å²) in [7, 11) is 0. The van der Waals surface area contributed by atoms with Crippen LogP contribution in [0.3, 0.4) is 0 Å². The van der Waals surface area contributed by atoms with Gasteiger partial charge in [0.1, 0.15) is 24.3 Å². The van der Waals surface area contributed by atoms with E-state index < -0.39 is 71.3 Å². The summed E-state index contributed by atoms with van der Waals surface area (Å²) >= 11 is 6.40. The van der Waals surface area contributed by atoms with Crippen LogP contribution in [0.4, 0.5) is 31.1 Å². The van der Waals surface area contributed by atoms with Crippen molar-refractivity contribution < 1.29 is 40.7 Å². The van der Waals surface area contributed by atoms with Gasteiger partial charge in [-0.3, -0.25) is 14.7 Å². The number of halogens is 7. The number of guanidine groups is 1. The average molecular weight is 763 g/mol. The summed E-state index contributed by atoms with van der Waals surface area (Å²) < 4.78 is 90.9. The van der Waals surface area contributed by atoms with Crippen LogP contribution in [0, 0.1) is 11.2 Å². The van der Waals surface area contributed by atoms with Crippen LogP contribution < -0.4 is 11.1 Å². The van der Waals surface area contributed by atoms with E-state index in [1.807, 2.05) is 5.32 Å². The monoisotopic (exact) mass is 762 g/mol. The van der Waals surface area contributed by atoms with E-state index in [9.17, 15) is 31.5 Å². The zero-order valence-corrected chi connectivity index (χ0v) is 29.2. The van der Waals surface area contributed by atoms with Crippen molar-refractivity contribution in [1.82, 2.24) is 30.0 Å². The van der Waals surface area contributed by atoms with Crippen LogP contribution in [0.2, 0.25) is 5.02 Å². The van der Waals surface area contributed by atoms with Crippen molar-refractivity contribution in [3.8, 4) is 16.9 Å². The number of hydrogen-bond acceptors (Lipinski definition) is 8. The molecule has 1 unspecified atom stereocenters. The van der Waals surface area contributed by atoms with Crippen LogP contribution in [0.1, 0.15) is 69.5 Å². The highest BCUT2D eigenvalue weighted by Crippen LogP contribution is 2.49. The largest absolute Gasteiger partial charge is 0.447 e. The lowest BCUT2D eigenvalue weighted by atomic mass is 9.75. The lowest BCUT2D eigenvalue weighted by Gasteiger charge is -2.35. The van der Waals surface area contributed by atoms with Gasteiger partial charge < -0.3 is 15.8 Å². The zero-order chi connectivity index (χ0) is 38.5. The summed E-state index contributed by atoms with van der Waals surface area (Å²) in [5.74, 6) is -2.83. The topological polar surface area (TPSA) is 141 Å². The summed E-state index contributed by atoms with van der Waals surface area (Å²) in [6.07, 6.45) is -7.61. The molecule has 3 N–H and O–H groups in total. The van der Waals surface area contributed by atoms with E-state index in [0.717, 1.165) is 15.9 Å². The number of nitrogens with zero attached hydrogens (tertiary/aromatic N) is 6. The molecule has 3 heterocycles. The Morgan fingerprint density at radius 1 is 1.08 bits per heavy atom. The Hall–Kier alpha value is -5.19. The molecule has 0 bridgehead atoms. The number of aromatic nitrogens is 4. The molecule has 280 valence electrons. The third-order valence-corrected chi connectivity index (χ3v) is 9.28. The molecule has 2 atom stereocenters. The number of carbonyl (C=O) groups is 2. The number of pyridine rings is 1. The second kappa shape index (κ2) is 13.7. The van der Waals surface area contributed by atoms with E-state index in [-0.39, 0.29) is 41.1 Å². The van der Waals surface area contributed by atoms with Gasteiger partial charge in [0.15, 0.2) is 17.3 Å². The fourth-order valence-corrected chi connectivity index (χ4v) is 6.59. The fourth-order valence-electron chi connectivity index (χ4n) is 6.39. The molecular weight excluding hydrogens is 730 g/mol. The van der Waals surface area contributed by atoms with Gasteiger partial charge in [-0.15, -0.1) is 0 Å². The number of aliphatic imine (C=N–C) groups is 1. The van der Waals surface area contributed by atoms with Crippen molar-refractivity contribution in [2.45, 2.75) is 69.8 Å². The predicted octanol–water partition coefficient (Wildman–Crippen LogP) is 7.41. The fraction of sp³-hybridized carbons (Fsp3) is 0.371. The maximum Gasteiger partial charge on any atom is 0.411 e. The number of nitrogens with two attached hydrogens (primary N) is 1. The first-order chi connectivity index (χ1) is 24.9. The number of alkyl halides is 5. The maximum absolute atomic E-state index is 16.3. The SMILES string of the molecule is CC(C)(C)C[C@]1(c2ccc(-c3ccccn3)cc2F)N=C(N)N(C(COC(=O)NC2(C(F)(F)F)CC2)c2ccc(Cl)c(-n3ncnc3C(F)F)c2)C1=O. The van der Waals surface area contributed by atoms with Crippen LogP contribution in [0.15, 0.2) is 72.1 Å². The van der Waals surface area contributed by atoms with Crippen molar-refractivity contribution in [2.24, 2.45) is 16.1 Å². The van der Waals surface area contributed by atoms with Crippen LogP contribution in [0.25, 0.3) is 16.9 Å². The Balaban J connectivity index is 1.43. The van der Waals surface area contributed by atoms with Gasteiger partial charge in [-0.1, -0.05) is 56.6 Å². The minimum absolute atomic E-state index is 0.0639. The minimum Gasteiger partial charge on any atom is -0.447 e. The summed E-state index contributed by atoms with van der Waals surface area (Å²) in [6.45, 7) is 4.62. The molecule has 2 aromatic heterocycles. The van der Waals surface area contributed by atoms with Crippen LogP contribution >= 0.6 is 11.6 Å². The number of hydrogen-bond donors (Lipinski definition) is 2. The molecule has 0 radical (unpaired) electrons. The molecule has 6 rings (SSSR count). The Morgan fingerprint density at radius 2 is 1.81 bits per heavy atom. The third kappa shape index (κ3) is 7.26. The Kier molecular flexibility index (Phi) is 9.68. The molecule has 1 aliphatic carbocycles. The van der Waals surface area contributed by atoms with Gasteiger partial charge in [-0.2, -0.15) is 18.3 Å². The first-order valence-electron chi connectivity index (χ1n) is 16.3. The standard InChI is InChI=1S/C35H33ClF6N8O3/c1-32(2,3)17-34(21-9-7-19(14-23(21)37)24-6-4-5-13-44-24)29(51)49(30(43)47-34)26(16-53-31(52)48-33(11-12-33)35(40,41)42)20-8-10-22(36)25(15-20)50-28(27(38)39)45-18-46-50/h4-10,13-15,18,26-27H,11-12,16-17H2,1-3H3,(H2,43,47)(H,48,52)/t26?,34-/m1/s1. The van der Waals surface area contributed by atoms with Gasteiger partial charge in [0.2, 0.25) is 0 Å². The number of nitrogens with one attached hydrogen (secondary N) is 1. The van der Waals surface area contributed by atoms with Gasteiger partial charge in [-0.05, 0) is 60.6 Å². The van der Waals surface area contributed by atoms with Crippen LogP contribution in [-0.2, 0) is 15.1 Å². The van der Waals surface area contributed by atoms with Gasteiger partial charge >= 0.3 is 12.3 Å². The predicted molar refractivity (Wildman–Crippen MR) is 180 cm³/mol. The molecule has 1 aliphatic heterocycles. The molecule has 1 fully saturated rings. The Bertz CT molecular complexity index is 2070. The quantitative estimate of drug-likeness (QED) is 0.160. The van der Waals surface area contributed by atoms with Gasteiger partial charge in [-0.25, -0.2) is 32.6 Å². The molecule has 1 saturated carbocycles. The van der Waals surface area contributed by atoms with Gasteiger partial charge in [0, 0.05) is 17.3 Å². The maximum atomic E-state index is 16.3. The van der Waals surface area contributed by atoms with E-state index in [0.29, 0.717) is 11.3 Å². The highest BCUT2D eigenvalue weighted by atomic mass is 35.5. The Labute approximate surface area is 304 Å². The number of benzene rings is 2. The van der Waals surface area contributed by atoms with Gasteiger partial charge in [0.05, 0.1) is 22.4 Å². The van der Waals surface area contributed by atoms with E-state index in [2.05, 4.69) is 20.1 Å². The molecule has 53 heavy (non-hydrogen) atoms. The second-order valence-electron chi connectivity index (χ2n) is 14.0. The van der Waals surface area contributed by atoms with Gasteiger partial charge in [0.25, 0.3) is 12.3 Å². The Morgan fingerprint density at radius 3 is 2.42 bits per heavy atom. The lowest BCUT2D eigenvalue weighted by molar-refractivity contribution is -0.164. The normalized spacial score (nSPS) is 19.0. The molecular formula is C35H33ClF6N8O3. The van der Waals surface area contributed by atoms with Crippen molar-refractivity contribution >= 4 is 29.6 Å². The first kappa shape index (κ1) is 37.6. The number of alkyl carbamates (subject to hydrolysis) is 1. The molecule has 18 heteroatoms. The highest BCUT2D eigenvalue weighted by molar-refractivity contribution is 6.32. The van der Waals surface area contributed by atoms with Crippen molar-refractivity contribution in [1.29, 1.82) is 0 Å². The van der Waals surface area contributed by atoms with Crippen molar-refractivity contribution in [3.05, 3.63) is 94.9 Å². The van der Waals surface area contributed by atoms with E-state index in [1.165, 1.54) is 30.3 Å². The molecule has 2 amide bonds. The zero-order valence-electron chi connectivity index (χ0n) is 28.5. The van der Waals surface area contributed by atoms with E-state index in [4.69, 9.17) is 22.1 Å².